The van der Waals surface area contributed by atoms with Crippen LogP contribution in [0.3, 0.4) is 0 Å². The van der Waals surface area contributed by atoms with Crippen LogP contribution in [0.1, 0.15) is 16.1 Å². The van der Waals surface area contributed by atoms with Gasteiger partial charge in [0.1, 0.15) is 18.1 Å². The van der Waals surface area contributed by atoms with Gasteiger partial charge >= 0.3 is 0 Å². The van der Waals surface area contributed by atoms with Crippen LogP contribution in [-0.2, 0) is 6.61 Å². The lowest BCUT2D eigenvalue weighted by Gasteiger charge is -2.06. The smallest absolute Gasteiger partial charge is 0.171 e. The van der Waals surface area contributed by atoms with Gasteiger partial charge in [0, 0.05) is 11.6 Å². The molecule has 4 heteroatoms. The highest BCUT2D eigenvalue weighted by atomic mass is 16.5. The van der Waals surface area contributed by atoms with Crippen molar-refractivity contribution in [2.24, 2.45) is 0 Å². The Kier molecular flexibility index (Phi) is 3.78. The number of hydrogen-bond donors (Lipinski definition) is 0. The summed E-state index contributed by atoms with van der Waals surface area (Å²) in [6, 6.07) is 19.0. The zero-order valence-electron chi connectivity index (χ0n) is 11.2. The Morgan fingerprint density at radius 3 is 2.48 bits per heavy atom. The summed E-state index contributed by atoms with van der Waals surface area (Å²) in [5, 5.41) is 3.64. The van der Waals surface area contributed by atoms with Gasteiger partial charge in [0.25, 0.3) is 0 Å². The first kappa shape index (κ1) is 13.1. The summed E-state index contributed by atoms with van der Waals surface area (Å²) >= 11 is 0. The number of aldehydes is 1. The van der Waals surface area contributed by atoms with Gasteiger partial charge in [-0.1, -0.05) is 35.5 Å². The van der Waals surface area contributed by atoms with Crippen molar-refractivity contribution in [1.82, 2.24) is 5.16 Å². The quantitative estimate of drug-likeness (QED) is 0.668. The average molecular weight is 279 g/mol. The number of benzene rings is 2. The van der Waals surface area contributed by atoms with Gasteiger partial charge in [-0.2, -0.15) is 0 Å². The van der Waals surface area contributed by atoms with Crippen molar-refractivity contribution in [3.05, 3.63) is 71.9 Å². The summed E-state index contributed by atoms with van der Waals surface area (Å²) < 4.78 is 10.8. The minimum absolute atomic E-state index is 0.286. The third-order valence-corrected chi connectivity index (χ3v) is 3.04. The molecule has 0 spiro atoms. The van der Waals surface area contributed by atoms with E-state index < -0.39 is 0 Å². The van der Waals surface area contributed by atoms with Crippen LogP contribution < -0.4 is 4.74 Å². The maximum Gasteiger partial charge on any atom is 0.171 e. The lowest BCUT2D eigenvalue weighted by Crippen LogP contribution is -1.94. The molecule has 0 saturated carbocycles. The molecule has 0 aliphatic rings. The third-order valence-electron chi connectivity index (χ3n) is 3.04. The van der Waals surface area contributed by atoms with Crippen molar-refractivity contribution in [1.29, 1.82) is 0 Å². The van der Waals surface area contributed by atoms with E-state index in [0.29, 0.717) is 18.7 Å². The van der Waals surface area contributed by atoms with Gasteiger partial charge < -0.3 is 9.26 Å². The topological polar surface area (TPSA) is 52.3 Å². The zero-order chi connectivity index (χ0) is 14.5. The number of nitrogens with zero attached hydrogens (tertiary/aromatic N) is 1. The fourth-order valence-electron chi connectivity index (χ4n) is 1.94. The van der Waals surface area contributed by atoms with Crippen LogP contribution in [0, 0.1) is 0 Å². The van der Waals surface area contributed by atoms with Crippen LogP contribution in [-0.4, -0.2) is 11.4 Å². The van der Waals surface area contributed by atoms with E-state index in [1.807, 2.05) is 54.6 Å². The molecule has 3 aromatic rings. The summed E-state index contributed by atoms with van der Waals surface area (Å²) in [4.78, 5) is 10.6. The van der Waals surface area contributed by atoms with E-state index in [1.165, 1.54) is 0 Å². The lowest BCUT2D eigenvalue weighted by atomic mass is 10.1. The molecule has 0 aliphatic carbocycles. The fraction of sp³-hybridized carbons (Fsp3) is 0.0588. The van der Waals surface area contributed by atoms with E-state index in [2.05, 4.69) is 5.16 Å². The SMILES string of the molecule is O=Cc1cc(-c2ccc(OCc3ccccc3)cc2)on1. The Labute approximate surface area is 122 Å². The van der Waals surface area contributed by atoms with Gasteiger partial charge in [-0.25, -0.2) is 0 Å². The van der Waals surface area contributed by atoms with Crippen molar-refractivity contribution in [2.45, 2.75) is 6.61 Å². The van der Waals surface area contributed by atoms with E-state index in [0.717, 1.165) is 16.9 Å². The van der Waals surface area contributed by atoms with Crippen molar-refractivity contribution < 1.29 is 14.1 Å². The summed E-state index contributed by atoms with van der Waals surface area (Å²) in [6.07, 6.45) is 0.657. The molecule has 0 aliphatic heterocycles. The third kappa shape index (κ3) is 3.17. The van der Waals surface area contributed by atoms with Crippen LogP contribution in [0.15, 0.2) is 65.2 Å². The Bertz CT molecular complexity index is 717. The van der Waals surface area contributed by atoms with Crippen LogP contribution in [0.5, 0.6) is 5.75 Å². The van der Waals surface area contributed by atoms with E-state index >= 15 is 0 Å². The molecule has 2 aromatic carbocycles. The lowest BCUT2D eigenvalue weighted by molar-refractivity contribution is 0.111. The fourth-order valence-corrected chi connectivity index (χ4v) is 1.94. The summed E-state index contributed by atoms with van der Waals surface area (Å²) in [5.74, 6) is 1.34. The highest BCUT2D eigenvalue weighted by molar-refractivity contribution is 5.74. The minimum Gasteiger partial charge on any atom is -0.489 e. The minimum atomic E-state index is 0.286. The number of ether oxygens (including phenoxy) is 1. The second-order valence-electron chi connectivity index (χ2n) is 4.53. The Morgan fingerprint density at radius 1 is 1.05 bits per heavy atom. The molecule has 0 unspecified atom stereocenters. The molecule has 0 saturated heterocycles. The first-order valence-electron chi connectivity index (χ1n) is 6.54. The normalized spacial score (nSPS) is 10.3. The Balaban J connectivity index is 1.68. The van der Waals surface area contributed by atoms with Crippen LogP contribution in [0.4, 0.5) is 0 Å². The Hall–Kier alpha value is -2.88. The van der Waals surface area contributed by atoms with Gasteiger partial charge in [0.05, 0.1) is 0 Å². The molecular formula is C17H13NO3. The first-order valence-corrected chi connectivity index (χ1v) is 6.54. The van der Waals surface area contributed by atoms with Crippen LogP contribution in [0.25, 0.3) is 11.3 Å². The Morgan fingerprint density at radius 2 is 1.81 bits per heavy atom. The molecule has 0 radical (unpaired) electrons. The maximum absolute atomic E-state index is 10.6. The van der Waals surface area contributed by atoms with Gasteiger partial charge in [-0.3, -0.25) is 4.79 Å². The molecule has 3 rings (SSSR count). The van der Waals surface area contributed by atoms with E-state index in [9.17, 15) is 4.79 Å². The first-order chi connectivity index (χ1) is 10.3. The standard InChI is InChI=1S/C17H13NO3/c19-11-15-10-17(21-18-15)14-6-8-16(9-7-14)20-12-13-4-2-1-3-5-13/h1-11H,12H2. The highest BCUT2D eigenvalue weighted by Crippen LogP contribution is 2.23. The molecule has 21 heavy (non-hydrogen) atoms. The summed E-state index contributed by atoms with van der Waals surface area (Å²) in [6.45, 7) is 0.526. The predicted octanol–water partition coefficient (Wildman–Crippen LogP) is 3.73. The number of hydrogen-bond acceptors (Lipinski definition) is 4. The molecule has 0 atom stereocenters. The molecule has 104 valence electrons. The number of aromatic nitrogens is 1. The van der Waals surface area contributed by atoms with E-state index in [-0.39, 0.29) is 5.69 Å². The van der Waals surface area contributed by atoms with Crippen molar-refractivity contribution in [3.8, 4) is 17.1 Å². The maximum atomic E-state index is 10.6. The largest absolute Gasteiger partial charge is 0.489 e. The number of rotatable bonds is 5. The second kappa shape index (κ2) is 6.05. The second-order valence-corrected chi connectivity index (χ2v) is 4.53. The summed E-state index contributed by atoms with van der Waals surface area (Å²) in [5.41, 5.74) is 2.25. The number of carbonyl (C=O) groups excluding carboxylic acids is 1. The molecular weight excluding hydrogens is 266 g/mol. The monoisotopic (exact) mass is 279 g/mol. The molecule has 1 aromatic heterocycles. The molecule has 0 N–H and O–H groups in total. The molecule has 4 nitrogen and oxygen atoms in total. The molecule has 0 bridgehead atoms. The summed E-state index contributed by atoms with van der Waals surface area (Å²) in [7, 11) is 0. The molecule has 0 amide bonds. The molecule has 1 heterocycles. The van der Waals surface area contributed by atoms with Gasteiger partial charge in [-0.05, 0) is 29.8 Å². The van der Waals surface area contributed by atoms with Crippen LogP contribution >= 0.6 is 0 Å². The average Bonchev–Trinajstić information content (AvgIpc) is 3.03. The van der Waals surface area contributed by atoms with Crippen molar-refractivity contribution >= 4 is 6.29 Å². The van der Waals surface area contributed by atoms with Crippen molar-refractivity contribution in [3.63, 3.8) is 0 Å². The zero-order valence-corrected chi connectivity index (χ0v) is 11.2. The van der Waals surface area contributed by atoms with Gasteiger partial charge in [0.2, 0.25) is 0 Å². The number of carbonyl (C=O) groups is 1. The van der Waals surface area contributed by atoms with Gasteiger partial charge in [0.15, 0.2) is 12.0 Å². The van der Waals surface area contributed by atoms with Gasteiger partial charge in [-0.15, -0.1) is 0 Å². The van der Waals surface area contributed by atoms with E-state index in [4.69, 9.17) is 9.26 Å². The molecule has 0 fully saturated rings. The highest BCUT2D eigenvalue weighted by Gasteiger charge is 2.06. The van der Waals surface area contributed by atoms with E-state index in [1.54, 1.807) is 6.07 Å². The van der Waals surface area contributed by atoms with Crippen LogP contribution in [0.2, 0.25) is 0 Å². The van der Waals surface area contributed by atoms with Crippen molar-refractivity contribution in [2.75, 3.05) is 0 Å². The predicted molar refractivity (Wildman–Crippen MR) is 78.1 cm³/mol.